The number of likely N-dealkylation sites (tertiary alicyclic amines) is 2. The molecule has 0 spiro atoms. The van der Waals surface area contributed by atoms with Crippen molar-refractivity contribution in [3.63, 3.8) is 0 Å². The number of carbonyl (C=O) groups is 4. The van der Waals surface area contributed by atoms with Gasteiger partial charge in [-0.25, -0.2) is 0 Å². The van der Waals surface area contributed by atoms with Crippen LogP contribution in [0, 0.1) is 23.7 Å². The minimum Gasteiger partial charge on any atom is -0.274 e. The summed E-state index contributed by atoms with van der Waals surface area (Å²) in [6.45, 7) is 2.77. The predicted molar refractivity (Wildman–Crippen MR) is 115 cm³/mol. The number of rotatable bonds is 7. The summed E-state index contributed by atoms with van der Waals surface area (Å²) in [5, 5.41) is 1.24. The summed E-state index contributed by atoms with van der Waals surface area (Å²) in [7, 11) is 0. The van der Waals surface area contributed by atoms with Crippen LogP contribution in [0.15, 0.2) is 22.2 Å². The molecule has 0 aromatic rings. The van der Waals surface area contributed by atoms with Crippen molar-refractivity contribution >= 4 is 46.8 Å². The van der Waals surface area contributed by atoms with Crippen LogP contribution in [-0.4, -0.2) is 58.2 Å². The lowest BCUT2D eigenvalue weighted by atomic mass is 9.85. The normalized spacial score (nSPS) is 30.7. The summed E-state index contributed by atoms with van der Waals surface area (Å²) in [6.07, 6.45) is 7.09. The van der Waals surface area contributed by atoms with Gasteiger partial charge in [0.1, 0.15) is 0 Å². The Morgan fingerprint density at radius 2 is 1.23 bits per heavy atom. The molecule has 31 heavy (non-hydrogen) atoms. The molecule has 2 heterocycles. The molecule has 0 saturated carbocycles. The van der Waals surface area contributed by atoms with Crippen LogP contribution in [0.3, 0.4) is 0 Å². The van der Waals surface area contributed by atoms with Crippen LogP contribution in [0.2, 0.25) is 0 Å². The zero-order valence-corrected chi connectivity index (χ0v) is 19.1. The molecule has 0 radical (unpaired) electrons. The van der Waals surface area contributed by atoms with E-state index in [0.29, 0.717) is 42.3 Å². The topological polar surface area (TPSA) is 78.0 Å². The van der Waals surface area contributed by atoms with Gasteiger partial charge in [-0.2, -0.15) is 0 Å². The van der Waals surface area contributed by atoms with Crippen molar-refractivity contribution in [2.24, 2.45) is 23.7 Å². The van der Waals surface area contributed by atoms with E-state index in [9.17, 15) is 19.2 Å². The van der Waals surface area contributed by atoms with Crippen molar-refractivity contribution in [3.05, 3.63) is 22.2 Å². The fourth-order valence-electron chi connectivity index (χ4n) is 5.04. The van der Waals surface area contributed by atoms with Crippen molar-refractivity contribution in [1.29, 1.82) is 0 Å². The average molecular weight is 468 g/mol. The quantitative estimate of drug-likeness (QED) is 0.537. The number of imide groups is 2. The monoisotopic (exact) mass is 467 g/mol. The van der Waals surface area contributed by atoms with Crippen LogP contribution in [0.4, 0.5) is 0 Å². The molecule has 4 atom stereocenters. The smallest absolute Gasteiger partial charge is 0.234 e. The van der Waals surface area contributed by atoms with Gasteiger partial charge in [0.05, 0.1) is 37.0 Å². The van der Waals surface area contributed by atoms with E-state index < -0.39 is 11.8 Å². The molecule has 0 N–H and O–H groups in total. The van der Waals surface area contributed by atoms with Crippen molar-refractivity contribution in [2.75, 3.05) is 19.9 Å². The lowest BCUT2D eigenvalue weighted by molar-refractivity contribution is -0.145. The predicted octanol–water partition coefficient (Wildman–Crippen LogP) is 3.04. The first-order chi connectivity index (χ1) is 14.8. The highest BCUT2D eigenvalue weighted by atomic mass is 35.5. The Hall–Kier alpha value is -1.70. The third-order valence-corrected chi connectivity index (χ3v) is 7.45. The van der Waals surface area contributed by atoms with Crippen LogP contribution in [0.25, 0.3) is 0 Å². The van der Waals surface area contributed by atoms with Crippen LogP contribution < -0.4 is 0 Å². The van der Waals surface area contributed by atoms with Crippen LogP contribution >= 0.6 is 23.2 Å². The van der Waals surface area contributed by atoms with Crippen molar-refractivity contribution in [2.45, 2.75) is 45.4 Å². The fourth-order valence-corrected chi connectivity index (χ4v) is 5.55. The largest absolute Gasteiger partial charge is 0.274 e. The first-order valence-electron chi connectivity index (χ1n) is 10.9. The zero-order valence-electron chi connectivity index (χ0n) is 17.6. The Balaban J connectivity index is 1.47. The highest BCUT2D eigenvalue weighted by Crippen LogP contribution is 2.40. The maximum Gasteiger partial charge on any atom is 0.234 e. The molecule has 4 amide bonds. The number of amides is 4. The van der Waals surface area contributed by atoms with Crippen molar-refractivity contribution in [1.82, 2.24) is 14.7 Å². The summed E-state index contributed by atoms with van der Waals surface area (Å²) in [4.78, 5) is 56.1. The Labute approximate surface area is 192 Å². The van der Waals surface area contributed by atoms with Gasteiger partial charge in [0.25, 0.3) is 0 Å². The first kappa shape index (κ1) is 22.5. The molecule has 0 unspecified atom stereocenters. The van der Waals surface area contributed by atoms with Crippen LogP contribution in [-0.2, 0) is 19.2 Å². The van der Waals surface area contributed by atoms with Gasteiger partial charge in [-0.15, -0.1) is 0 Å². The Morgan fingerprint density at radius 3 is 1.65 bits per heavy atom. The van der Waals surface area contributed by atoms with Crippen LogP contribution in [0.5, 0.6) is 0 Å². The number of nitrogens with zero attached hydrogens (tertiary/aromatic N) is 3. The zero-order chi connectivity index (χ0) is 22.3. The van der Waals surface area contributed by atoms with E-state index in [-0.39, 0.29) is 48.8 Å². The number of unbranched alkanes of at least 4 members (excludes halogenated alkanes) is 1. The summed E-state index contributed by atoms with van der Waals surface area (Å²) in [6, 6.07) is 0. The van der Waals surface area contributed by atoms with Gasteiger partial charge in [-0.05, 0) is 32.1 Å². The molecule has 2 aliphatic carbocycles. The van der Waals surface area contributed by atoms with Gasteiger partial charge in [-0.1, -0.05) is 48.7 Å². The lowest BCUT2D eigenvalue weighted by Gasteiger charge is -2.30. The SMILES string of the molecule is CCCCN(CN1C(=O)[C@H]2CC=C(Cl)C[C@@H]2C1=O)CN1C(=O)[C@@H]2CC=C(Cl)C[C@H]2C1=O. The van der Waals surface area contributed by atoms with Gasteiger partial charge in [0.15, 0.2) is 0 Å². The number of halogens is 2. The summed E-state index contributed by atoms with van der Waals surface area (Å²) >= 11 is 12.2. The third-order valence-electron chi connectivity index (χ3n) is 6.83. The minimum absolute atomic E-state index is 0.0771. The lowest BCUT2D eigenvalue weighted by Crippen LogP contribution is -2.48. The summed E-state index contributed by atoms with van der Waals surface area (Å²) in [5.74, 6) is -2.38. The molecule has 4 rings (SSSR count). The van der Waals surface area contributed by atoms with Gasteiger partial charge in [0.2, 0.25) is 23.6 Å². The highest BCUT2D eigenvalue weighted by molar-refractivity contribution is 6.30. The molecule has 2 aliphatic heterocycles. The van der Waals surface area contributed by atoms with E-state index in [1.807, 2.05) is 24.0 Å². The van der Waals surface area contributed by atoms with Gasteiger partial charge >= 0.3 is 0 Å². The Bertz CT molecular complexity index is 805. The Morgan fingerprint density at radius 1 is 0.806 bits per heavy atom. The van der Waals surface area contributed by atoms with Gasteiger partial charge < -0.3 is 0 Å². The minimum atomic E-state index is -0.413. The summed E-state index contributed by atoms with van der Waals surface area (Å²) in [5.41, 5.74) is 0. The average Bonchev–Trinajstić information content (AvgIpc) is 3.11. The number of fused-ring (bicyclic) bond motifs is 2. The fraction of sp³-hybridized carbons (Fsp3) is 0.636. The molecule has 168 valence electrons. The Kier molecular flexibility index (Phi) is 6.56. The second-order valence-electron chi connectivity index (χ2n) is 8.85. The van der Waals surface area contributed by atoms with Crippen molar-refractivity contribution in [3.8, 4) is 0 Å². The van der Waals surface area contributed by atoms with Crippen molar-refractivity contribution < 1.29 is 19.2 Å². The van der Waals surface area contributed by atoms with E-state index in [1.165, 1.54) is 9.80 Å². The maximum absolute atomic E-state index is 12.9. The molecule has 7 nitrogen and oxygen atoms in total. The molecule has 4 aliphatic rings. The molecular formula is C22H27Cl2N3O4. The molecule has 0 aromatic carbocycles. The standard InChI is InChI=1S/C22H27Cl2N3O4/c1-2-3-8-25(11-26-19(28)15-6-4-13(23)9-17(15)21(26)30)12-27-20(29)16-7-5-14(24)10-18(16)22(27)31/h4-5,15-18H,2-3,6-12H2,1H3/t15-,16+,17-,18+. The van der Waals surface area contributed by atoms with Gasteiger partial charge in [-0.3, -0.25) is 33.9 Å². The number of hydrogen-bond donors (Lipinski definition) is 0. The van der Waals surface area contributed by atoms with E-state index in [2.05, 4.69) is 0 Å². The first-order valence-corrected chi connectivity index (χ1v) is 11.7. The number of carbonyl (C=O) groups excluding carboxylic acids is 4. The third kappa shape index (κ3) is 4.20. The number of hydrogen-bond acceptors (Lipinski definition) is 5. The van der Waals surface area contributed by atoms with Crippen LogP contribution in [0.1, 0.15) is 45.4 Å². The molecule has 9 heteroatoms. The van der Waals surface area contributed by atoms with E-state index >= 15 is 0 Å². The van der Waals surface area contributed by atoms with E-state index in [1.54, 1.807) is 0 Å². The number of allylic oxidation sites excluding steroid dienone is 4. The molecule has 2 fully saturated rings. The van der Waals surface area contributed by atoms with E-state index in [0.717, 1.165) is 12.8 Å². The molecule has 0 bridgehead atoms. The maximum atomic E-state index is 12.9. The second kappa shape index (κ2) is 9.04. The highest BCUT2D eigenvalue weighted by Gasteiger charge is 2.51. The van der Waals surface area contributed by atoms with Gasteiger partial charge in [0, 0.05) is 16.6 Å². The van der Waals surface area contributed by atoms with E-state index in [4.69, 9.17) is 23.2 Å². The molecule has 2 saturated heterocycles. The second-order valence-corrected chi connectivity index (χ2v) is 9.82. The molecule has 0 aromatic heterocycles. The summed E-state index contributed by atoms with van der Waals surface area (Å²) < 4.78 is 0. The molecular weight excluding hydrogens is 441 g/mol.